The van der Waals surface area contributed by atoms with E-state index in [4.69, 9.17) is 9.47 Å². The Labute approximate surface area is 145 Å². The minimum atomic E-state index is -0.0151. The lowest BCUT2D eigenvalue weighted by atomic mass is 9.78. The van der Waals surface area contributed by atoms with Crippen LogP contribution in [0.5, 0.6) is 0 Å². The molecule has 2 saturated heterocycles. The topological polar surface area (TPSA) is 50.8 Å². The van der Waals surface area contributed by atoms with Crippen LogP contribution in [-0.2, 0) is 9.47 Å². The van der Waals surface area contributed by atoms with Crippen molar-refractivity contribution in [1.29, 1.82) is 0 Å². The van der Waals surface area contributed by atoms with Gasteiger partial charge in [-0.2, -0.15) is 0 Å². The molecule has 0 aromatic rings. The maximum Gasteiger partial charge on any atom is 0.317 e. The Balaban J connectivity index is 1.56. The summed E-state index contributed by atoms with van der Waals surface area (Å²) in [7, 11) is 0. The van der Waals surface area contributed by atoms with Gasteiger partial charge < -0.3 is 19.7 Å². The van der Waals surface area contributed by atoms with Crippen LogP contribution in [0.15, 0.2) is 11.6 Å². The van der Waals surface area contributed by atoms with Crippen molar-refractivity contribution in [2.24, 2.45) is 10.8 Å². The first-order valence-electron chi connectivity index (χ1n) is 9.31. The van der Waals surface area contributed by atoms with Crippen molar-refractivity contribution < 1.29 is 14.3 Å². The van der Waals surface area contributed by atoms with Gasteiger partial charge in [0.1, 0.15) is 0 Å². The number of carbonyl (C=O) groups excluding carboxylic acids is 1. The van der Waals surface area contributed by atoms with Gasteiger partial charge in [-0.3, -0.25) is 0 Å². The Bertz CT molecular complexity index is 495. The van der Waals surface area contributed by atoms with Gasteiger partial charge >= 0.3 is 6.03 Å². The number of nitrogens with zero attached hydrogens (tertiary/aromatic N) is 1. The predicted octanol–water partition coefficient (Wildman–Crippen LogP) is 2.96. The molecule has 0 aromatic heterocycles. The highest BCUT2D eigenvalue weighted by Gasteiger charge is 2.44. The summed E-state index contributed by atoms with van der Waals surface area (Å²) in [5.74, 6) is 0. The van der Waals surface area contributed by atoms with Crippen molar-refractivity contribution in [3.05, 3.63) is 11.6 Å². The van der Waals surface area contributed by atoms with Gasteiger partial charge in [0.05, 0.1) is 13.2 Å². The molecule has 5 heteroatoms. The lowest BCUT2D eigenvalue weighted by molar-refractivity contribution is 0.0206. The number of ether oxygens (including phenoxy) is 2. The molecule has 0 aliphatic carbocycles. The van der Waals surface area contributed by atoms with Crippen LogP contribution in [0.25, 0.3) is 0 Å². The summed E-state index contributed by atoms with van der Waals surface area (Å²) in [6.45, 7) is 11.3. The van der Waals surface area contributed by atoms with E-state index < -0.39 is 0 Å². The molecule has 1 unspecified atom stereocenters. The highest BCUT2D eigenvalue weighted by molar-refractivity contribution is 5.75. The number of nitrogens with one attached hydrogen (secondary N) is 1. The van der Waals surface area contributed by atoms with Crippen LogP contribution in [0.4, 0.5) is 4.79 Å². The number of likely N-dealkylation sites (tertiary alicyclic amines) is 1. The minimum Gasteiger partial charge on any atom is -0.381 e. The first-order valence-corrected chi connectivity index (χ1v) is 9.31. The number of rotatable bonds is 3. The second-order valence-electron chi connectivity index (χ2n) is 8.39. The molecule has 2 fully saturated rings. The van der Waals surface area contributed by atoms with E-state index in [0.29, 0.717) is 19.2 Å². The fourth-order valence-electron chi connectivity index (χ4n) is 4.41. The van der Waals surface area contributed by atoms with E-state index in [1.54, 1.807) is 0 Å². The van der Waals surface area contributed by atoms with Crippen LogP contribution in [0.1, 0.15) is 46.5 Å². The Morgan fingerprint density at radius 2 is 2.08 bits per heavy atom. The molecule has 3 aliphatic heterocycles. The zero-order valence-electron chi connectivity index (χ0n) is 15.4. The van der Waals surface area contributed by atoms with Gasteiger partial charge in [0, 0.05) is 37.8 Å². The van der Waals surface area contributed by atoms with Crippen molar-refractivity contribution >= 4 is 6.03 Å². The van der Waals surface area contributed by atoms with Crippen molar-refractivity contribution in [2.45, 2.75) is 52.5 Å². The Kier molecular flexibility index (Phi) is 5.21. The van der Waals surface area contributed by atoms with Gasteiger partial charge in [0.15, 0.2) is 0 Å². The summed E-state index contributed by atoms with van der Waals surface area (Å²) in [6.07, 6.45) is 6.41. The average Bonchev–Trinajstić information content (AvgIpc) is 2.90. The van der Waals surface area contributed by atoms with Crippen molar-refractivity contribution in [2.75, 3.05) is 39.5 Å². The molecule has 136 valence electrons. The van der Waals surface area contributed by atoms with Gasteiger partial charge in [-0.15, -0.1) is 0 Å². The highest BCUT2D eigenvalue weighted by Crippen LogP contribution is 2.42. The number of urea groups is 1. The number of amides is 2. The van der Waals surface area contributed by atoms with Gasteiger partial charge in [0.2, 0.25) is 0 Å². The van der Waals surface area contributed by atoms with Crippen molar-refractivity contribution in [3.63, 3.8) is 0 Å². The molecule has 2 amide bonds. The van der Waals surface area contributed by atoms with Crippen LogP contribution < -0.4 is 5.32 Å². The SMILES string of the molecule is CC1CC2(CCOCC2)CN1C(=O)NCC(C)(C)C1=CCOCC1. The number of hydrogen-bond donors (Lipinski definition) is 1. The molecule has 1 spiro atoms. The molecule has 3 rings (SSSR count). The molecular formula is C19H32N2O3. The molecule has 0 aromatic carbocycles. The second kappa shape index (κ2) is 7.04. The smallest absolute Gasteiger partial charge is 0.317 e. The van der Waals surface area contributed by atoms with Crippen LogP contribution in [-0.4, -0.2) is 56.5 Å². The highest BCUT2D eigenvalue weighted by atomic mass is 16.5. The van der Waals surface area contributed by atoms with Crippen LogP contribution in [0.2, 0.25) is 0 Å². The molecule has 24 heavy (non-hydrogen) atoms. The summed E-state index contributed by atoms with van der Waals surface area (Å²) in [6, 6.07) is 0.403. The lowest BCUT2D eigenvalue weighted by Gasteiger charge is -2.34. The fraction of sp³-hybridized carbons (Fsp3) is 0.842. The summed E-state index contributed by atoms with van der Waals surface area (Å²) < 4.78 is 10.9. The summed E-state index contributed by atoms with van der Waals surface area (Å²) in [5.41, 5.74) is 1.66. The van der Waals surface area contributed by atoms with Gasteiger partial charge in [-0.25, -0.2) is 4.79 Å². The molecule has 1 atom stereocenters. The predicted molar refractivity (Wildman–Crippen MR) is 94.0 cm³/mol. The molecule has 5 nitrogen and oxygen atoms in total. The van der Waals surface area contributed by atoms with E-state index >= 15 is 0 Å². The van der Waals surface area contributed by atoms with Gasteiger partial charge in [-0.05, 0) is 38.0 Å². The standard InChI is InChI=1S/C19H32N2O3/c1-15-12-19(6-10-24-11-7-19)14-21(15)17(22)20-13-18(2,3)16-4-8-23-9-5-16/h4,15H,5-14H2,1-3H3,(H,20,22). The second-order valence-corrected chi connectivity index (χ2v) is 8.39. The minimum absolute atomic E-state index is 0.0151. The van der Waals surface area contributed by atoms with Crippen LogP contribution in [0.3, 0.4) is 0 Å². The maximum absolute atomic E-state index is 12.8. The third-order valence-electron chi connectivity index (χ3n) is 6.09. The summed E-state index contributed by atoms with van der Waals surface area (Å²) >= 11 is 0. The summed E-state index contributed by atoms with van der Waals surface area (Å²) in [5, 5.41) is 3.19. The largest absolute Gasteiger partial charge is 0.381 e. The molecule has 3 aliphatic rings. The van der Waals surface area contributed by atoms with E-state index in [0.717, 1.165) is 52.0 Å². The summed E-state index contributed by atoms with van der Waals surface area (Å²) in [4.78, 5) is 14.8. The van der Waals surface area contributed by atoms with E-state index in [2.05, 4.69) is 32.2 Å². The Morgan fingerprint density at radius 1 is 1.33 bits per heavy atom. The molecule has 0 bridgehead atoms. The Hall–Kier alpha value is -1.07. The lowest BCUT2D eigenvalue weighted by Crippen LogP contribution is -2.46. The molecule has 3 heterocycles. The van der Waals surface area contributed by atoms with Crippen LogP contribution >= 0.6 is 0 Å². The fourth-order valence-corrected chi connectivity index (χ4v) is 4.41. The monoisotopic (exact) mass is 336 g/mol. The van der Waals surface area contributed by atoms with E-state index in [1.165, 1.54) is 5.57 Å². The van der Waals surface area contributed by atoms with E-state index in [1.807, 2.05) is 4.90 Å². The zero-order valence-corrected chi connectivity index (χ0v) is 15.4. The maximum atomic E-state index is 12.8. The zero-order chi connectivity index (χ0) is 17.2. The van der Waals surface area contributed by atoms with Crippen LogP contribution in [0, 0.1) is 10.8 Å². The first kappa shape index (κ1) is 17.7. The third kappa shape index (κ3) is 3.77. The third-order valence-corrected chi connectivity index (χ3v) is 6.09. The molecule has 0 saturated carbocycles. The van der Waals surface area contributed by atoms with Crippen molar-refractivity contribution in [3.8, 4) is 0 Å². The molecular weight excluding hydrogens is 304 g/mol. The molecule has 0 radical (unpaired) electrons. The quantitative estimate of drug-likeness (QED) is 0.806. The van der Waals surface area contributed by atoms with E-state index in [-0.39, 0.29) is 16.9 Å². The Morgan fingerprint density at radius 3 is 2.75 bits per heavy atom. The molecule has 1 N–H and O–H groups in total. The normalized spacial score (nSPS) is 27.2. The van der Waals surface area contributed by atoms with Crippen molar-refractivity contribution in [1.82, 2.24) is 10.2 Å². The number of carbonyl (C=O) groups is 1. The average molecular weight is 336 g/mol. The first-order chi connectivity index (χ1) is 11.4. The van der Waals surface area contributed by atoms with Gasteiger partial charge in [0.25, 0.3) is 0 Å². The van der Waals surface area contributed by atoms with Gasteiger partial charge in [-0.1, -0.05) is 25.5 Å². The number of hydrogen-bond acceptors (Lipinski definition) is 3. The van der Waals surface area contributed by atoms with E-state index in [9.17, 15) is 4.79 Å².